The fourth-order valence-electron chi connectivity index (χ4n) is 4.93. The van der Waals surface area contributed by atoms with Gasteiger partial charge in [0.25, 0.3) is 11.8 Å². The standard InChI is InChI=1S/C30H28ClN3O5/c1-18-24(29(36)34(33-18)22-9-5-8-21(14-22)30(37)38)16-23-11-13-27(39-23)20-10-12-26(31)25(15-20)28(35)32-17-19-6-3-2-4-7-19/h5,8-16,19H,2-4,6-7,17H2,1H3,(H,32,35)(H,37,38)/b24-16-. The number of halogens is 1. The van der Waals surface area contributed by atoms with Crippen molar-refractivity contribution in [3.8, 4) is 11.3 Å². The van der Waals surface area contributed by atoms with E-state index in [4.69, 9.17) is 16.0 Å². The van der Waals surface area contributed by atoms with Gasteiger partial charge in [0, 0.05) is 12.1 Å². The molecule has 200 valence electrons. The molecule has 1 aliphatic heterocycles. The van der Waals surface area contributed by atoms with Crippen molar-refractivity contribution in [3.63, 3.8) is 0 Å². The molecule has 0 unspecified atom stereocenters. The molecule has 2 N–H and O–H groups in total. The second-order valence-electron chi connectivity index (χ2n) is 9.83. The minimum Gasteiger partial charge on any atom is -0.478 e. The maximum absolute atomic E-state index is 13.1. The zero-order valence-corrected chi connectivity index (χ0v) is 22.2. The lowest BCUT2D eigenvalue weighted by atomic mass is 9.89. The third kappa shape index (κ3) is 5.81. The molecule has 1 fully saturated rings. The summed E-state index contributed by atoms with van der Waals surface area (Å²) in [6.07, 6.45) is 7.55. The molecule has 0 spiro atoms. The Morgan fingerprint density at radius 2 is 1.92 bits per heavy atom. The number of hydrazone groups is 1. The Kier molecular flexibility index (Phi) is 7.65. The number of aromatic carboxylic acids is 1. The van der Waals surface area contributed by atoms with E-state index in [9.17, 15) is 19.5 Å². The van der Waals surface area contributed by atoms with E-state index < -0.39 is 11.9 Å². The van der Waals surface area contributed by atoms with Crippen LogP contribution >= 0.6 is 11.6 Å². The number of benzene rings is 2. The average molecular weight is 546 g/mol. The second-order valence-corrected chi connectivity index (χ2v) is 10.2. The maximum Gasteiger partial charge on any atom is 0.335 e. The van der Waals surface area contributed by atoms with Crippen LogP contribution in [-0.4, -0.2) is 35.1 Å². The largest absolute Gasteiger partial charge is 0.478 e. The number of nitrogens with zero attached hydrogens (tertiary/aromatic N) is 2. The van der Waals surface area contributed by atoms with Crippen molar-refractivity contribution in [1.82, 2.24) is 5.32 Å². The van der Waals surface area contributed by atoms with Gasteiger partial charge < -0.3 is 14.8 Å². The van der Waals surface area contributed by atoms with Gasteiger partial charge in [-0.2, -0.15) is 10.1 Å². The smallest absolute Gasteiger partial charge is 0.335 e. The lowest BCUT2D eigenvalue weighted by molar-refractivity contribution is -0.114. The van der Waals surface area contributed by atoms with Gasteiger partial charge >= 0.3 is 5.97 Å². The van der Waals surface area contributed by atoms with Crippen molar-refractivity contribution in [3.05, 3.63) is 82.1 Å². The molecule has 5 rings (SSSR count). The van der Waals surface area contributed by atoms with E-state index in [1.54, 1.807) is 55.5 Å². The summed E-state index contributed by atoms with van der Waals surface area (Å²) < 4.78 is 5.99. The van der Waals surface area contributed by atoms with E-state index in [0.29, 0.717) is 57.1 Å². The summed E-state index contributed by atoms with van der Waals surface area (Å²) in [7, 11) is 0. The first-order chi connectivity index (χ1) is 18.8. The van der Waals surface area contributed by atoms with E-state index >= 15 is 0 Å². The lowest BCUT2D eigenvalue weighted by Crippen LogP contribution is -2.30. The minimum absolute atomic E-state index is 0.0614. The summed E-state index contributed by atoms with van der Waals surface area (Å²) >= 11 is 6.35. The Bertz CT molecular complexity index is 1500. The molecule has 8 nitrogen and oxygen atoms in total. The zero-order valence-electron chi connectivity index (χ0n) is 21.4. The van der Waals surface area contributed by atoms with Crippen LogP contribution in [0.5, 0.6) is 0 Å². The summed E-state index contributed by atoms with van der Waals surface area (Å²) in [5.74, 6) is -0.232. The lowest BCUT2D eigenvalue weighted by Gasteiger charge is -2.21. The van der Waals surface area contributed by atoms with Crippen LogP contribution < -0.4 is 10.3 Å². The fraction of sp³-hybridized carbons (Fsp3) is 0.267. The number of anilines is 1. The summed E-state index contributed by atoms with van der Waals surface area (Å²) in [6, 6.07) is 14.7. The molecule has 1 aromatic heterocycles. The second kappa shape index (κ2) is 11.3. The Hall–Kier alpha value is -4.17. The third-order valence-electron chi connectivity index (χ3n) is 7.09. The first-order valence-corrected chi connectivity index (χ1v) is 13.3. The minimum atomic E-state index is -1.09. The van der Waals surface area contributed by atoms with Crippen LogP contribution in [0.1, 0.15) is 65.5 Å². The third-order valence-corrected chi connectivity index (χ3v) is 7.41. The number of amides is 2. The van der Waals surface area contributed by atoms with Gasteiger partial charge in [0.2, 0.25) is 0 Å². The molecule has 1 aliphatic carbocycles. The van der Waals surface area contributed by atoms with Crippen molar-refractivity contribution in [1.29, 1.82) is 0 Å². The first kappa shape index (κ1) is 26.4. The van der Waals surface area contributed by atoms with Crippen molar-refractivity contribution >= 4 is 46.9 Å². The van der Waals surface area contributed by atoms with E-state index in [2.05, 4.69) is 10.4 Å². The monoisotopic (exact) mass is 545 g/mol. The van der Waals surface area contributed by atoms with Gasteiger partial charge in [0.1, 0.15) is 11.5 Å². The van der Waals surface area contributed by atoms with E-state index in [0.717, 1.165) is 12.8 Å². The molecule has 3 aromatic rings. The predicted molar refractivity (Wildman–Crippen MR) is 150 cm³/mol. The van der Waals surface area contributed by atoms with E-state index in [-0.39, 0.29) is 11.5 Å². The zero-order chi connectivity index (χ0) is 27.5. The number of furan rings is 1. The van der Waals surface area contributed by atoms with Gasteiger partial charge in [-0.3, -0.25) is 9.59 Å². The Balaban J connectivity index is 1.32. The highest BCUT2D eigenvalue weighted by Crippen LogP contribution is 2.30. The molecule has 0 saturated heterocycles. The molecule has 2 amide bonds. The van der Waals surface area contributed by atoms with Gasteiger partial charge in [0.15, 0.2) is 0 Å². The quantitative estimate of drug-likeness (QED) is 0.333. The number of rotatable bonds is 7. The Labute approximate surface area is 231 Å². The number of carboxylic acids is 1. The van der Waals surface area contributed by atoms with Crippen molar-refractivity contribution in [2.75, 3.05) is 11.6 Å². The molecule has 9 heteroatoms. The molecule has 1 saturated carbocycles. The number of carboxylic acid groups (broad SMARTS) is 1. The van der Waals surface area contributed by atoms with Crippen LogP contribution in [0.15, 0.2) is 69.7 Å². The van der Waals surface area contributed by atoms with Crippen LogP contribution in [0.25, 0.3) is 17.4 Å². The van der Waals surface area contributed by atoms with Gasteiger partial charge in [-0.05, 0) is 80.3 Å². The van der Waals surface area contributed by atoms with Gasteiger partial charge in [-0.25, -0.2) is 4.79 Å². The molecule has 0 bridgehead atoms. The number of carbonyl (C=O) groups is 3. The highest BCUT2D eigenvalue weighted by Gasteiger charge is 2.29. The SMILES string of the molecule is CC1=NN(c2cccc(C(=O)O)c2)C(=O)/C1=C\c1ccc(-c2ccc(Cl)c(C(=O)NCC3CCCCC3)c2)o1. The van der Waals surface area contributed by atoms with Crippen LogP contribution in [0.4, 0.5) is 5.69 Å². The predicted octanol–water partition coefficient (Wildman–Crippen LogP) is 6.41. The first-order valence-electron chi connectivity index (χ1n) is 12.9. The summed E-state index contributed by atoms with van der Waals surface area (Å²) in [5.41, 5.74) is 2.29. The molecule has 0 radical (unpaired) electrons. The Morgan fingerprint density at radius 3 is 2.69 bits per heavy atom. The van der Waals surface area contributed by atoms with Crippen molar-refractivity contribution in [2.45, 2.75) is 39.0 Å². The van der Waals surface area contributed by atoms with E-state index in [1.165, 1.54) is 36.4 Å². The van der Waals surface area contributed by atoms with Crippen LogP contribution in [0, 0.1) is 5.92 Å². The van der Waals surface area contributed by atoms with Crippen molar-refractivity contribution < 1.29 is 23.9 Å². The molecule has 2 heterocycles. The number of carbonyl (C=O) groups excluding carboxylic acids is 2. The summed E-state index contributed by atoms with van der Waals surface area (Å²) in [4.78, 5) is 37.3. The normalized spacial score (nSPS) is 17.0. The fourth-order valence-corrected chi connectivity index (χ4v) is 5.14. The number of hydrogen-bond donors (Lipinski definition) is 2. The van der Waals surface area contributed by atoms with Crippen molar-refractivity contribution in [2.24, 2.45) is 11.0 Å². The topological polar surface area (TPSA) is 112 Å². The molecule has 39 heavy (non-hydrogen) atoms. The van der Waals surface area contributed by atoms with Gasteiger partial charge in [0.05, 0.1) is 33.1 Å². The summed E-state index contributed by atoms with van der Waals surface area (Å²) in [5, 5.41) is 18.1. The number of hydrogen-bond acceptors (Lipinski definition) is 5. The average Bonchev–Trinajstić information content (AvgIpc) is 3.53. The molecule has 0 atom stereocenters. The van der Waals surface area contributed by atoms with Gasteiger partial charge in [-0.15, -0.1) is 0 Å². The highest BCUT2D eigenvalue weighted by molar-refractivity contribution is 6.34. The molecular formula is C30H28ClN3O5. The van der Waals surface area contributed by atoms with Gasteiger partial charge in [-0.1, -0.05) is 36.9 Å². The maximum atomic E-state index is 13.1. The van der Waals surface area contributed by atoms with Crippen LogP contribution in [-0.2, 0) is 4.79 Å². The van der Waals surface area contributed by atoms with Crippen LogP contribution in [0.3, 0.4) is 0 Å². The highest BCUT2D eigenvalue weighted by atomic mass is 35.5. The number of nitrogens with one attached hydrogen (secondary N) is 1. The molecule has 2 aromatic carbocycles. The molecule has 2 aliphatic rings. The Morgan fingerprint density at radius 1 is 1.13 bits per heavy atom. The van der Waals surface area contributed by atoms with E-state index in [1.807, 2.05) is 0 Å². The molecular weight excluding hydrogens is 518 g/mol. The van der Waals surface area contributed by atoms with Crippen LogP contribution in [0.2, 0.25) is 5.02 Å². The summed E-state index contributed by atoms with van der Waals surface area (Å²) in [6.45, 7) is 2.34.